The molecule has 4 nitrogen and oxygen atoms in total. The molecule has 0 aromatic carbocycles. The van der Waals surface area contributed by atoms with Gasteiger partial charge in [0.2, 0.25) is 0 Å². The van der Waals surface area contributed by atoms with E-state index in [9.17, 15) is 4.79 Å². The van der Waals surface area contributed by atoms with Gasteiger partial charge in [0.1, 0.15) is 5.01 Å². The Balaban J connectivity index is 2.02. The minimum atomic E-state index is -0.396. The maximum Gasteiger partial charge on any atom is 0.308 e. The summed E-state index contributed by atoms with van der Waals surface area (Å²) in [6, 6.07) is 0. The average Bonchev–Trinajstić information content (AvgIpc) is 2.64. The second-order valence-electron chi connectivity index (χ2n) is 3.62. The van der Waals surface area contributed by atoms with Crippen molar-refractivity contribution in [2.24, 2.45) is 11.7 Å². The lowest BCUT2D eigenvalue weighted by molar-refractivity contribution is -0.151. The van der Waals surface area contributed by atoms with Crippen molar-refractivity contribution in [1.29, 1.82) is 0 Å². The molecule has 1 aliphatic carbocycles. The Labute approximate surface area is 86.1 Å². The molecule has 0 aliphatic heterocycles. The molecule has 1 heterocycles. The van der Waals surface area contributed by atoms with Gasteiger partial charge in [0, 0.05) is 11.6 Å². The first-order valence-electron chi connectivity index (χ1n) is 4.42. The number of hydrogen-bond donors (Lipinski definition) is 1. The summed E-state index contributed by atoms with van der Waals surface area (Å²) >= 11 is 1.54. The Morgan fingerprint density at radius 2 is 2.50 bits per heavy atom. The first-order chi connectivity index (χ1) is 6.65. The number of carbonyl (C=O) groups is 1. The standard InChI is InChI=1S/C9H12N2O2S/c1-13-7(12)6-4-9(10,5-6)8-11-2-3-14-8/h2-3,6H,4-5,10H2,1H3. The highest BCUT2D eigenvalue weighted by molar-refractivity contribution is 7.09. The lowest BCUT2D eigenvalue weighted by atomic mass is 9.69. The number of rotatable bonds is 2. The van der Waals surface area contributed by atoms with Crippen LogP contribution in [0.4, 0.5) is 0 Å². The minimum Gasteiger partial charge on any atom is -0.469 e. The predicted molar refractivity (Wildman–Crippen MR) is 52.7 cm³/mol. The molecule has 1 fully saturated rings. The highest BCUT2D eigenvalue weighted by Gasteiger charge is 2.47. The summed E-state index contributed by atoms with van der Waals surface area (Å²) in [7, 11) is 1.41. The number of carbonyl (C=O) groups excluding carboxylic acids is 1. The number of nitrogens with zero attached hydrogens (tertiary/aromatic N) is 1. The van der Waals surface area contributed by atoms with Crippen molar-refractivity contribution in [3.8, 4) is 0 Å². The molecule has 1 saturated carbocycles. The fourth-order valence-corrected chi connectivity index (χ4v) is 2.57. The molecule has 76 valence electrons. The van der Waals surface area contributed by atoms with Crippen molar-refractivity contribution in [2.75, 3.05) is 7.11 Å². The van der Waals surface area contributed by atoms with E-state index in [-0.39, 0.29) is 11.9 Å². The van der Waals surface area contributed by atoms with Gasteiger partial charge < -0.3 is 10.5 Å². The zero-order chi connectivity index (χ0) is 10.2. The largest absolute Gasteiger partial charge is 0.469 e. The maximum atomic E-state index is 11.2. The molecule has 14 heavy (non-hydrogen) atoms. The Morgan fingerprint density at radius 3 is 3.00 bits per heavy atom. The Bertz CT molecular complexity index is 331. The number of nitrogens with two attached hydrogens (primary N) is 1. The van der Waals surface area contributed by atoms with E-state index in [0.29, 0.717) is 12.8 Å². The van der Waals surface area contributed by atoms with E-state index in [1.165, 1.54) is 18.4 Å². The molecule has 2 rings (SSSR count). The fraction of sp³-hybridized carbons (Fsp3) is 0.556. The van der Waals surface area contributed by atoms with E-state index in [2.05, 4.69) is 9.72 Å². The molecular weight excluding hydrogens is 200 g/mol. The van der Waals surface area contributed by atoms with E-state index in [1.807, 2.05) is 5.38 Å². The van der Waals surface area contributed by atoms with Crippen LogP contribution in [-0.2, 0) is 15.1 Å². The highest BCUT2D eigenvalue weighted by atomic mass is 32.1. The van der Waals surface area contributed by atoms with E-state index in [4.69, 9.17) is 5.73 Å². The van der Waals surface area contributed by atoms with Crippen LogP contribution in [0.5, 0.6) is 0 Å². The van der Waals surface area contributed by atoms with Gasteiger partial charge >= 0.3 is 5.97 Å². The molecule has 1 aromatic heterocycles. The smallest absolute Gasteiger partial charge is 0.308 e. The van der Waals surface area contributed by atoms with Crippen molar-refractivity contribution in [3.05, 3.63) is 16.6 Å². The van der Waals surface area contributed by atoms with Crippen LogP contribution in [0.25, 0.3) is 0 Å². The van der Waals surface area contributed by atoms with Gasteiger partial charge in [-0.25, -0.2) is 4.98 Å². The summed E-state index contributed by atoms with van der Waals surface area (Å²) < 4.78 is 4.65. The van der Waals surface area contributed by atoms with Gasteiger partial charge in [0.15, 0.2) is 0 Å². The number of hydrogen-bond acceptors (Lipinski definition) is 5. The summed E-state index contributed by atoms with van der Waals surface area (Å²) in [5.74, 6) is -0.212. The normalized spacial score (nSPS) is 30.9. The predicted octanol–water partition coefficient (Wildman–Crippen LogP) is 0.880. The molecular formula is C9H12N2O2S. The number of aromatic nitrogens is 1. The summed E-state index contributed by atoms with van der Waals surface area (Å²) in [6.45, 7) is 0. The third kappa shape index (κ3) is 1.42. The van der Waals surface area contributed by atoms with Gasteiger partial charge in [-0.2, -0.15) is 0 Å². The van der Waals surface area contributed by atoms with Gasteiger partial charge in [-0.3, -0.25) is 4.79 Å². The van der Waals surface area contributed by atoms with Crippen LogP contribution in [0.3, 0.4) is 0 Å². The number of thiazole rings is 1. The van der Waals surface area contributed by atoms with Crippen molar-refractivity contribution in [2.45, 2.75) is 18.4 Å². The number of methoxy groups -OCH3 is 1. The van der Waals surface area contributed by atoms with Crippen LogP contribution >= 0.6 is 11.3 Å². The molecule has 2 N–H and O–H groups in total. The molecule has 1 aromatic rings. The highest BCUT2D eigenvalue weighted by Crippen LogP contribution is 2.44. The summed E-state index contributed by atoms with van der Waals surface area (Å²) in [4.78, 5) is 15.3. The molecule has 0 spiro atoms. The van der Waals surface area contributed by atoms with Gasteiger partial charge in [-0.05, 0) is 12.8 Å². The molecule has 5 heteroatoms. The zero-order valence-corrected chi connectivity index (χ0v) is 8.71. The topological polar surface area (TPSA) is 65.2 Å². The molecule has 0 unspecified atom stereocenters. The first kappa shape index (κ1) is 9.61. The molecule has 0 bridgehead atoms. The molecule has 0 amide bonds. The van der Waals surface area contributed by atoms with Crippen LogP contribution in [0.1, 0.15) is 17.8 Å². The molecule has 0 saturated heterocycles. The van der Waals surface area contributed by atoms with E-state index < -0.39 is 5.54 Å². The van der Waals surface area contributed by atoms with Gasteiger partial charge in [0.05, 0.1) is 18.6 Å². The molecule has 0 atom stereocenters. The lowest BCUT2D eigenvalue weighted by Crippen LogP contribution is -2.51. The zero-order valence-electron chi connectivity index (χ0n) is 7.90. The van der Waals surface area contributed by atoms with Gasteiger partial charge in [-0.15, -0.1) is 11.3 Å². The lowest BCUT2D eigenvalue weighted by Gasteiger charge is -2.41. The molecule has 0 radical (unpaired) electrons. The summed E-state index contributed by atoms with van der Waals surface area (Å²) in [5, 5.41) is 2.81. The van der Waals surface area contributed by atoms with Crippen LogP contribution in [0, 0.1) is 5.92 Å². The Morgan fingerprint density at radius 1 is 1.79 bits per heavy atom. The van der Waals surface area contributed by atoms with Crippen LogP contribution < -0.4 is 5.73 Å². The number of esters is 1. The SMILES string of the molecule is COC(=O)C1CC(N)(c2nccs2)C1. The Kier molecular flexibility index (Phi) is 2.28. The second kappa shape index (κ2) is 3.33. The van der Waals surface area contributed by atoms with Gasteiger partial charge in [-0.1, -0.05) is 0 Å². The van der Waals surface area contributed by atoms with Crippen molar-refractivity contribution >= 4 is 17.3 Å². The Hall–Kier alpha value is -0.940. The minimum absolute atomic E-state index is 0.0473. The van der Waals surface area contributed by atoms with E-state index in [1.54, 1.807) is 6.20 Å². The second-order valence-corrected chi connectivity index (χ2v) is 4.52. The van der Waals surface area contributed by atoms with Gasteiger partial charge in [0.25, 0.3) is 0 Å². The monoisotopic (exact) mass is 212 g/mol. The quantitative estimate of drug-likeness (QED) is 0.739. The first-order valence-corrected chi connectivity index (χ1v) is 5.30. The van der Waals surface area contributed by atoms with Crippen LogP contribution in [0.2, 0.25) is 0 Å². The maximum absolute atomic E-state index is 11.2. The molecule has 1 aliphatic rings. The van der Waals surface area contributed by atoms with Crippen LogP contribution in [0.15, 0.2) is 11.6 Å². The number of ether oxygens (including phenoxy) is 1. The summed E-state index contributed by atoms with van der Waals surface area (Å²) in [5.41, 5.74) is 5.70. The van der Waals surface area contributed by atoms with E-state index in [0.717, 1.165) is 5.01 Å². The average molecular weight is 212 g/mol. The third-order valence-corrected chi connectivity index (χ3v) is 3.61. The fourth-order valence-electron chi connectivity index (χ4n) is 1.80. The third-order valence-electron chi connectivity index (χ3n) is 2.61. The van der Waals surface area contributed by atoms with Crippen molar-refractivity contribution < 1.29 is 9.53 Å². The van der Waals surface area contributed by atoms with Crippen molar-refractivity contribution in [3.63, 3.8) is 0 Å². The van der Waals surface area contributed by atoms with Crippen molar-refractivity contribution in [1.82, 2.24) is 4.98 Å². The van der Waals surface area contributed by atoms with Crippen LogP contribution in [-0.4, -0.2) is 18.1 Å². The summed E-state index contributed by atoms with van der Waals surface area (Å²) in [6.07, 6.45) is 3.03. The van der Waals surface area contributed by atoms with E-state index >= 15 is 0 Å².